The van der Waals surface area contributed by atoms with Crippen LogP contribution in [0.5, 0.6) is 0 Å². The van der Waals surface area contributed by atoms with E-state index < -0.39 is 0 Å². The molecule has 0 radical (unpaired) electrons. The van der Waals surface area contributed by atoms with Crippen LogP contribution in [-0.2, 0) is 16.7 Å². The van der Waals surface area contributed by atoms with Gasteiger partial charge in [-0.25, -0.2) is 4.68 Å². The minimum absolute atomic E-state index is 0.110. The largest absolute Gasteiger partial charge is 0.379 e. The molecule has 1 fully saturated rings. The van der Waals surface area contributed by atoms with Crippen LogP contribution in [0, 0.1) is 0 Å². The van der Waals surface area contributed by atoms with E-state index >= 15 is 0 Å². The quantitative estimate of drug-likeness (QED) is 0.728. The van der Waals surface area contributed by atoms with Crippen molar-refractivity contribution >= 4 is 10.9 Å². The average molecular weight is 396 g/mol. The molecule has 0 spiro atoms. The summed E-state index contributed by atoms with van der Waals surface area (Å²) in [5.74, 6) is 0.677. The fraction of sp³-hybridized carbons (Fsp3) is 0.524. The maximum Gasteiger partial charge on any atom is 0.253 e. The number of nitrogens with one attached hydrogen (secondary N) is 1. The number of rotatable bonds is 4. The lowest BCUT2D eigenvalue weighted by Crippen LogP contribution is -2.43. The highest BCUT2D eigenvalue weighted by molar-refractivity contribution is 5.80. The lowest BCUT2D eigenvalue weighted by Gasteiger charge is -2.34. The minimum atomic E-state index is -0.341. The molecule has 0 aliphatic carbocycles. The summed E-state index contributed by atoms with van der Waals surface area (Å²) in [6.07, 6.45) is 0.944. The molecule has 0 saturated carbocycles. The highest BCUT2D eigenvalue weighted by atomic mass is 16.5. The number of nitrogens with zero attached hydrogens (tertiary/aromatic N) is 5. The van der Waals surface area contributed by atoms with E-state index in [2.05, 4.69) is 65.2 Å². The third kappa shape index (κ3) is 3.82. The molecule has 2 aromatic heterocycles. The Balaban J connectivity index is 1.91. The molecule has 29 heavy (non-hydrogen) atoms. The number of H-pyrrole nitrogens is 1. The molecule has 1 aliphatic heterocycles. The first-order valence-corrected chi connectivity index (χ1v) is 10.1. The predicted molar refractivity (Wildman–Crippen MR) is 111 cm³/mol. The van der Waals surface area contributed by atoms with E-state index in [1.54, 1.807) is 0 Å². The second-order valence-corrected chi connectivity index (χ2v) is 8.50. The smallest absolute Gasteiger partial charge is 0.253 e. The monoisotopic (exact) mass is 396 g/mol. The predicted octanol–water partition coefficient (Wildman–Crippen LogP) is 2.25. The number of aromatic nitrogens is 5. The Bertz CT molecular complexity index is 1060. The van der Waals surface area contributed by atoms with E-state index in [0.29, 0.717) is 37.7 Å². The first kappa shape index (κ1) is 19.7. The van der Waals surface area contributed by atoms with Crippen molar-refractivity contribution in [1.29, 1.82) is 0 Å². The Kier molecular flexibility index (Phi) is 5.23. The van der Waals surface area contributed by atoms with E-state index in [4.69, 9.17) is 4.74 Å². The van der Waals surface area contributed by atoms with Crippen molar-refractivity contribution in [2.45, 2.75) is 45.7 Å². The lowest BCUT2D eigenvalue weighted by molar-refractivity contribution is 0.0206. The molecule has 4 rings (SSSR count). The van der Waals surface area contributed by atoms with Gasteiger partial charge in [0.05, 0.1) is 18.8 Å². The zero-order valence-electron chi connectivity index (χ0n) is 17.5. The van der Waals surface area contributed by atoms with Crippen LogP contribution in [0.15, 0.2) is 29.1 Å². The summed E-state index contributed by atoms with van der Waals surface area (Å²) in [5.41, 5.74) is 2.32. The van der Waals surface area contributed by atoms with Gasteiger partial charge in [-0.3, -0.25) is 9.69 Å². The average Bonchev–Trinajstić information content (AvgIpc) is 3.19. The topological polar surface area (TPSA) is 88.9 Å². The summed E-state index contributed by atoms with van der Waals surface area (Å²) in [6.45, 7) is 11.0. The normalized spacial score (nSPS) is 17.0. The standard InChI is InChI=1S/C21H28N6O2/c1-5-14-6-7-17-15(12-14)13-16(20(28)22-17)18(26-8-10-29-11-9-26)19-23-24-25-27(19)21(2,3)4/h6-7,12-13,18H,5,8-11H2,1-4H3,(H,22,28)/t18-/m0/s1. The number of ether oxygens (including phenoxy) is 1. The Labute approximate surface area is 169 Å². The van der Waals surface area contributed by atoms with E-state index in [0.717, 1.165) is 17.3 Å². The van der Waals surface area contributed by atoms with Crippen molar-refractivity contribution in [1.82, 2.24) is 30.1 Å². The molecule has 1 N–H and O–H groups in total. The molecule has 1 aromatic carbocycles. The van der Waals surface area contributed by atoms with Gasteiger partial charge in [0.2, 0.25) is 0 Å². The molecule has 8 heteroatoms. The molecular formula is C21H28N6O2. The number of tetrazole rings is 1. The zero-order chi connectivity index (χ0) is 20.6. The Morgan fingerprint density at radius 1 is 1.21 bits per heavy atom. The number of aromatic amines is 1. The third-order valence-corrected chi connectivity index (χ3v) is 5.42. The van der Waals surface area contributed by atoms with Gasteiger partial charge >= 0.3 is 0 Å². The number of benzene rings is 1. The van der Waals surface area contributed by atoms with Crippen LogP contribution in [0.2, 0.25) is 0 Å². The summed E-state index contributed by atoms with van der Waals surface area (Å²) >= 11 is 0. The molecule has 1 atom stereocenters. The summed E-state index contributed by atoms with van der Waals surface area (Å²) in [7, 11) is 0. The zero-order valence-corrected chi connectivity index (χ0v) is 17.5. The number of morpholine rings is 1. The van der Waals surface area contributed by atoms with Gasteiger partial charge in [-0.2, -0.15) is 0 Å². The van der Waals surface area contributed by atoms with Gasteiger partial charge in [0.25, 0.3) is 5.56 Å². The summed E-state index contributed by atoms with van der Waals surface area (Å²) < 4.78 is 7.36. The second-order valence-electron chi connectivity index (χ2n) is 8.50. The van der Waals surface area contributed by atoms with Gasteiger partial charge in [0.1, 0.15) is 6.04 Å². The number of hydrogen-bond donors (Lipinski definition) is 1. The van der Waals surface area contributed by atoms with Crippen molar-refractivity contribution in [2.75, 3.05) is 26.3 Å². The van der Waals surface area contributed by atoms with Gasteiger partial charge in [0.15, 0.2) is 5.82 Å². The fourth-order valence-electron chi connectivity index (χ4n) is 3.87. The van der Waals surface area contributed by atoms with Crippen molar-refractivity contribution in [3.8, 4) is 0 Å². The lowest BCUT2D eigenvalue weighted by atomic mass is 10.0. The van der Waals surface area contributed by atoms with Crippen molar-refractivity contribution in [3.05, 3.63) is 51.6 Å². The summed E-state index contributed by atoms with van der Waals surface area (Å²) in [5, 5.41) is 13.6. The molecule has 8 nitrogen and oxygen atoms in total. The molecular weight excluding hydrogens is 368 g/mol. The molecule has 1 saturated heterocycles. The van der Waals surface area contributed by atoms with Gasteiger partial charge < -0.3 is 9.72 Å². The maximum atomic E-state index is 13.1. The highest BCUT2D eigenvalue weighted by Gasteiger charge is 2.34. The summed E-state index contributed by atoms with van der Waals surface area (Å²) in [6, 6.07) is 7.82. The van der Waals surface area contributed by atoms with Crippen molar-refractivity contribution in [2.24, 2.45) is 0 Å². The Morgan fingerprint density at radius 2 is 1.97 bits per heavy atom. The summed E-state index contributed by atoms with van der Waals surface area (Å²) in [4.78, 5) is 18.4. The number of fused-ring (bicyclic) bond motifs is 1. The van der Waals surface area contributed by atoms with Crippen LogP contribution in [-0.4, -0.2) is 56.4 Å². The van der Waals surface area contributed by atoms with Crippen LogP contribution in [0.1, 0.15) is 50.7 Å². The number of aryl methyl sites for hydroxylation is 1. The van der Waals surface area contributed by atoms with Crippen LogP contribution >= 0.6 is 0 Å². The highest BCUT2D eigenvalue weighted by Crippen LogP contribution is 2.30. The van der Waals surface area contributed by atoms with E-state index in [-0.39, 0.29) is 17.1 Å². The fourth-order valence-corrected chi connectivity index (χ4v) is 3.87. The molecule has 0 unspecified atom stereocenters. The van der Waals surface area contributed by atoms with Gasteiger partial charge in [-0.15, -0.1) is 5.10 Å². The van der Waals surface area contributed by atoms with Crippen LogP contribution < -0.4 is 5.56 Å². The molecule has 0 bridgehead atoms. The van der Waals surface area contributed by atoms with Crippen molar-refractivity contribution in [3.63, 3.8) is 0 Å². The number of hydrogen-bond acceptors (Lipinski definition) is 6. The van der Waals surface area contributed by atoms with Crippen molar-refractivity contribution < 1.29 is 4.74 Å². The maximum absolute atomic E-state index is 13.1. The van der Waals surface area contributed by atoms with Crippen LogP contribution in [0.3, 0.4) is 0 Å². The Hall–Kier alpha value is -2.58. The SMILES string of the molecule is CCc1ccc2[nH]c(=O)c([C@@H](c3nnnn3C(C)(C)C)N3CCOCC3)cc2c1. The van der Waals surface area contributed by atoms with E-state index in [1.807, 2.05) is 16.8 Å². The molecule has 1 aliphatic rings. The molecule has 0 amide bonds. The van der Waals surface area contributed by atoms with E-state index in [9.17, 15) is 4.79 Å². The minimum Gasteiger partial charge on any atom is -0.379 e. The Morgan fingerprint density at radius 3 is 2.66 bits per heavy atom. The first-order valence-electron chi connectivity index (χ1n) is 10.1. The first-order chi connectivity index (χ1) is 13.9. The third-order valence-electron chi connectivity index (χ3n) is 5.42. The van der Waals surface area contributed by atoms with E-state index in [1.165, 1.54) is 5.56 Å². The van der Waals surface area contributed by atoms with Gasteiger partial charge in [-0.05, 0) is 66.8 Å². The number of pyridine rings is 1. The molecule has 154 valence electrons. The van der Waals surface area contributed by atoms with Gasteiger partial charge in [-0.1, -0.05) is 13.0 Å². The molecule has 3 aromatic rings. The van der Waals surface area contributed by atoms with Crippen LogP contribution in [0.25, 0.3) is 10.9 Å². The van der Waals surface area contributed by atoms with Gasteiger partial charge in [0, 0.05) is 24.2 Å². The second kappa shape index (κ2) is 7.68. The molecule has 3 heterocycles. The van der Waals surface area contributed by atoms with Crippen LogP contribution in [0.4, 0.5) is 0 Å².